The maximum Gasteiger partial charge on any atom is 0.270 e. The van der Waals surface area contributed by atoms with Gasteiger partial charge >= 0.3 is 0 Å². The van der Waals surface area contributed by atoms with E-state index in [0.717, 1.165) is 0 Å². The van der Waals surface area contributed by atoms with Crippen LogP contribution in [0.15, 0.2) is 54.6 Å². The summed E-state index contributed by atoms with van der Waals surface area (Å²) in [6, 6.07) is 17.0. The van der Waals surface area contributed by atoms with Crippen LogP contribution in [-0.2, 0) is 0 Å². The number of aromatic nitrogens is 1. The Hall–Kier alpha value is -3.43. The van der Waals surface area contributed by atoms with Gasteiger partial charge in [0, 0.05) is 28.3 Å². The van der Waals surface area contributed by atoms with Gasteiger partial charge in [-0.05, 0) is 17.7 Å². The molecule has 0 fully saturated rings. The summed E-state index contributed by atoms with van der Waals surface area (Å²) in [6.45, 7) is 0. The Morgan fingerprint density at radius 1 is 1.15 bits per heavy atom. The van der Waals surface area contributed by atoms with Gasteiger partial charge in [-0.25, -0.2) is 4.98 Å². The minimum absolute atomic E-state index is 0.0681. The highest BCUT2D eigenvalue weighted by atomic mass is 35.5. The van der Waals surface area contributed by atoms with Crippen molar-refractivity contribution in [2.24, 2.45) is 0 Å². The van der Waals surface area contributed by atoms with Crippen molar-refractivity contribution in [2.45, 2.75) is 0 Å². The van der Waals surface area contributed by atoms with Crippen molar-refractivity contribution < 1.29 is 9.66 Å². The van der Waals surface area contributed by atoms with E-state index < -0.39 is 4.92 Å². The summed E-state index contributed by atoms with van der Waals surface area (Å²) in [5.74, 6) is 0.131. The number of nitro benzene ring substituents is 1. The molecular weight excluding hydrogens is 354 g/mol. The number of nitrogens with zero attached hydrogens (tertiary/aromatic N) is 3. The Morgan fingerprint density at radius 2 is 1.92 bits per heavy atom. The van der Waals surface area contributed by atoms with Gasteiger partial charge in [0.1, 0.15) is 11.6 Å². The lowest BCUT2D eigenvalue weighted by Gasteiger charge is -2.12. The Bertz CT molecular complexity index is 1040. The molecule has 0 amide bonds. The van der Waals surface area contributed by atoms with Crippen LogP contribution in [0.2, 0.25) is 5.02 Å². The van der Waals surface area contributed by atoms with E-state index in [2.05, 4.69) is 11.1 Å². The molecule has 7 heteroatoms. The molecule has 3 rings (SSSR count). The van der Waals surface area contributed by atoms with Crippen LogP contribution in [0.3, 0.4) is 0 Å². The highest BCUT2D eigenvalue weighted by Crippen LogP contribution is 2.36. The highest BCUT2D eigenvalue weighted by molar-refractivity contribution is 6.33. The normalized spacial score (nSPS) is 10.2. The molecule has 1 aromatic heterocycles. The lowest BCUT2D eigenvalue weighted by atomic mass is 9.98. The van der Waals surface area contributed by atoms with E-state index in [1.807, 2.05) is 6.07 Å². The molecule has 0 bridgehead atoms. The van der Waals surface area contributed by atoms with Gasteiger partial charge in [0.25, 0.3) is 5.69 Å². The number of pyridine rings is 1. The summed E-state index contributed by atoms with van der Waals surface area (Å²) in [6.07, 6.45) is 0. The number of methoxy groups -OCH3 is 1. The minimum atomic E-state index is -0.483. The zero-order valence-electron chi connectivity index (χ0n) is 13.6. The Balaban J connectivity index is 2.29. The summed E-state index contributed by atoms with van der Waals surface area (Å²) >= 11 is 6.26. The van der Waals surface area contributed by atoms with Crippen molar-refractivity contribution in [2.75, 3.05) is 7.11 Å². The fourth-order valence-electron chi connectivity index (χ4n) is 2.60. The van der Waals surface area contributed by atoms with Crippen molar-refractivity contribution >= 4 is 17.3 Å². The third-order valence-electron chi connectivity index (χ3n) is 3.81. The van der Waals surface area contributed by atoms with Crippen molar-refractivity contribution in [3.8, 4) is 34.3 Å². The lowest BCUT2D eigenvalue weighted by molar-refractivity contribution is -0.384. The van der Waals surface area contributed by atoms with E-state index in [1.165, 1.54) is 19.2 Å². The third-order valence-corrected chi connectivity index (χ3v) is 4.14. The van der Waals surface area contributed by atoms with E-state index >= 15 is 0 Å². The molecule has 2 aromatic carbocycles. The van der Waals surface area contributed by atoms with Crippen LogP contribution in [-0.4, -0.2) is 17.0 Å². The maximum absolute atomic E-state index is 11.1. The van der Waals surface area contributed by atoms with Crippen molar-refractivity contribution in [3.63, 3.8) is 0 Å². The second-order valence-electron chi connectivity index (χ2n) is 5.34. The fourth-order valence-corrected chi connectivity index (χ4v) is 2.83. The molecule has 0 saturated carbocycles. The number of benzene rings is 2. The molecule has 0 radical (unpaired) electrons. The molecular formula is C19H12ClN3O3. The average Bonchev–Trinajstić information content (AvgIpc) is 2.67. The molecule has 6 nitrogen and oxygen atoms in total. The van der Waals surface area contributed by atoms with Gasteiger partial charge in [-0.15, -0.1) is 0 Å². The van der Waals surface area contributed by atoms with Crippen LogP contribution >= 0.6 is 11.6 Å². The second-order valence-corrected chi connectivity index (χ2v) is 5.75. The summed E-state index contributed by atoms with van der Waals surface area (Å²) in [5, 5.41) is 21.1. The molecule has 0 aliphatic heterocycles. The number of nitriles is 1. The van der Waals surface area contributed by atoms with E-state index in [1.54, 1.807) is 36.4 Å². The fraction of sp³-hybridized carbons (Fsp3) is 0.0526. The zero-order valence-corrected chi connectivity index (χ0v) is 14.4. The highest BCUT2D eigenvalue weighted by Gasteiger charge is 2.18. The Kier molecular flexibility index (Phi) is 4.83. The molecule has 0 unspecified atom stereocenters. The molecule has 0 N–H and O–H groups in total. The predicted octanol–water partition coefficient (Wildman–Crippen LogP) is 4.86. The van der Waals surface area contributed by atoms with Gasteiger partial charge in [-0.3, -0.25) is 10.1 Å². The van der Waals surface area contributed by atoms with Crippen molar-refractivity contribution in [1.82, 2.24) is 4.98 Å². The van der Waals surface area contributed by atoms with Crippen LogP contribution in [0.4, 0.5) is 5.69 Å². The number of non-ortho nitro benzene ring substituents is 1. The van der Waals surface area contributed by atoms with Gasteiger partial charge in [0.2, 0.25) is 5.88 Å². The van der Waals surface area contributed by atoms with Gasteiger partial charge in [0.15, 0.2) is 0 Å². The number of ether oxygens (including phenoxy) is 1. The SMILES string of the molecule is COc1nc(-c2ccccc2Cl)cc(-c2cccc([N+](=O)[O-])c2)c1C#N. The molecule has 0 saturated heterocycles. The quantitative estimate of drug-likeness (QED) is 0.486. The van der Waals surface area contributed by atoms with Crippen LogP contribution < -0.4 is 4.74 Å². The topological polar surface area (TPSA) is 89.1 Å². The molecule has 1 heterocycles. The van der Waals surface area contributed by atoms with Crippen LogP contribution in [0.25, 0.3) is 22.4 Å². The molecule has 3 aromatic rings. The zero-order chi connectivity index (χ0) is 18.7. The first kappa shape index (κ1) is 17.4. The van der Waals surface area contributed by atoms with Crippen LogP contribution in [0.5, 0.6) is 5.88 Å². The third kappa shape index (κ3) is 3.21. The molecule has 0 aliphatic carbocycles. The van der Waals surface area contributed by atoms with Crippen molar-refractivity contribution in [1.29, 1.82) is 5.26 Å². The Morgan fingerprint density at radius 3 is 2.58 bits per heavy atom. The van der Waals surface area contributed by atoms with Gasteiger partial charge in [0.05, 0.1) is 17.7 Å². The molecule has 0 spiro atoms. The largest absolute Gasteiger partial charge is 0.480 e. The van der Waals surface area contributed by atoms with E-state index in [0.29, 0.717) is 27.4 Å². The van der Waals surface area contributed by atoms with Gasteiger partial charge in [-0.2, -0.15) is 5.26 Å². The smallest absolute Gasteiger partial charge is 0.270 e. The Labute approximate surface area is 154 Å². The lowest BCUT2D eigenvalue weighted by Crippen LogP contribution is -1.98. The predicted molar refractivity (Wildman–Crippen MR) is 98.0 cm³/mol. The summed E-state index contributed by atoms with van der Waals surface area (Å²) in [7, 11) is 1.41. The van der Waals surface area contributed by atoms with Gasteiger partial charge in [-0.1, -0.05) is 41.9 Å². The number of hydrogen-bond donors (Lipinski definition) is 0. The standard InChI is InChI=1S/C19H12ClN3O3/c1-26-19-16(11-21)15(12-5-4-6-13(9-12)23(24)25)10-18(22-19)14-7-2-3-8-17(14)20/h2-10H,1H3. The van der Waals surface area contributed by atoms with E-state index in [9.17, 15) is 15.4 Å². The van der Waals surface area contributed by atoms with Crippen LogP contribution in [0.1, 0.15) is 5.56 Å². The molecule has 0 aliphatic rings. The first-order valence-electron chi connectivity index (χ1n) is 7.54. The summed E-state index contributed by atoms with van der Waals surface area (Å²) < 4.78 is 5.27. The number of halogens is 1. The number of rotatable bonds is 4. The second kappa shape index (κ2) is 7.21. The molecule has 0 atom stereocenters. The van der Waals surface area contributed by atoms with Crippen molar-refractivity contribution in [3.05, 3.63) is 75.3 Å². The monoisotopic (exact) mass is 365 g/mol. The summed E-state index contributed by atoms with van der Waals surface area (Å²) in [4.78, 5) is 15.0. The minimum Gasteiger partial charge on any atom is -0.480 e. The van der Waals surface area contributed by atoms with E-state index in [4.69, 9.17) is 16.3 Å². The van der Waals surface area contributed by atoms with E-state index in [-0.39, 0.29) is 17.1 Å². The first-order valence-corrected chi connectivity index (χ1v) is 7.91. The summed E-state index contributed by atoms with van der Waals surface area (Å²) in [5.41, 5.74) is 2.31. The first-order chi connectivity index (χ1) is 12.5. The van der Waals surface area contributed by atoms with Gasteiger partial charge < -0.3 is 4.74 Å². The number of hydrogen-bond acceptors (Lipinski definition) is 5. The molecule has 128 valence electrons. The molecule has 26 heavy (non-hydrogen) atoms. The van der Waals surface area contributed by atoms with Crippen LogP contribution in [0, 0.1) is 21.4 Å². The maximum atomic E-state index is 11.1. The number of nitro groups is 1. The average molecular weight is 366 g/mol.